The number of nitrogens with zero attached hydrogens (tertiary/aromatic N) is 1. The quantitative estimate of drug-likeness (QED) is 0.812. The van der Waals surface area contributed by atoms with Crippen molar-refractivity contribution in [1.29, 1.82) is 0 Å². The second kappa shape index (κ2) is 8.63. The topological polar surface area (TPSA) is 61.8 Å². The van der Waals surface area contributed by atoms with Crippen LogP contribution in [0.4, 0.5) is 10.5 Å². The summed E-state index contributed by atoms with van der Waals surface area (Å²) in [6, 6.07) is 7.22. The molecule has 22 heavy (non-hydrogen) atoms. The number of amides is 2. The van der Waals surface area contributed by atoms with E-state index < -0.39 is 0 Å². The molecule has 0 aliphatic heterocycles. The van der Waals surface area contributed by atoms with Gasteiger partial charge in [-0.05, 0) is 30.9 Å². The van der Waals surface area contributed by atoms with Gasteiger partial charge >= 0.3 is 6.03 Å². The summed E-state index contributed by atoms with van der Waals surface area (Å²) in [5.74, 6) is 0.663. The lowest BCUT2D eigenvalue weighted by atomic mass is 9.96. The predicted molar refractivity (Wildman–Crippen MR) is 89.4 cm³/mol. The number of para-hydroxylation sites is 2. The summed E-state index contributed by atoms with van der Waals surface area (Å²) < 4.78 is 5.53. The van der Waals surface area contributed by atoms with Gasteiger partial charge in [-0.2, -0.15) is 0 Å². The fraction of sp³-hybridized carbons (Fsp3) is 0.588. The number of urea groups is 1. The van der Waals surface area contributed by atoms with Crippen LogP contribution in [-0.4, -0.2) is 42.3 Å². The van der Waals surface area contributed by atoms with E-state index in [1.807, 2.05) is 31.2 Å². The van der Waals surface area contributed by atoms with Crippen LogP contribution in [0.2, 0.25) is 0 Å². The SMILES string of the molecule is CCOc1ccccc1NC(=O)N(CCCO)CC(C)(C)C. The predicted octanol–water partition coefficient (Wildman–Crippen LogP) is 3.35. The molecule has 0 fully saturated rings. The van der Waals surface area contributed by atoms with E-state index in [1.54, 1.807) is 4.90 Å². The Morgan fingerprint density at radius 1 is 1.32 bits per heavy atom. The third-order valence-corrected chi connectivity index (χ3v) is 2.97. The molecule has 1 aromatic carbocycles. The molecule has 0 aliphatic carbocycles. The largest absolute Gasteiger partial charge is 0.492 e. The van der Waals surface area contributed by atoms with Crippen molar-refractivity contribution in [3.8, 4) is 5.75 Å². The molecule has 0 saturated carbocycles. The number of carbonyl (C=O) groups excluding carboxylic acids is 1. The van der Waals surface area contributed by atoms with Crippen molar-refractivity contribution < 1.29 is 14.6 Å². The molecule has 1 rings (SSSR count). The third-order valence-electron chi connectivity index (χ3n) is 2.97. The second-order valence-electron chi connectivity index (χ2n) is 6.42. The zero-order valence-corrected chi connectivity index (χ0v) is 14.1. The van der Waals surface area contributed by atoms with Gasteiger partial charge in [0.05, 0.1) is 12.3 Å². The van der Waals surface area contributed by atoms with Crippen LogP contribution in [0.25, 0.3) is 0 Å². The number of benzene rings is 1. The first-order valence-electron chi connectivity index (χ1n) is 7.76. The molecule has 0 bridgehead atoms. The molecule has 5 heteroatoms. The highest BCUT2D eigenvalue weighted by atomic mass is 16.5. The Bertz CT molecular complexity index is 469. The molecule has 2 N–H and O–H groups in total. The summed E-state index contributed by atoms with van der Waals surface area (Å²) in [4.78, 5) is 14.3. The van der Waals surface area contributed by atoms with Crippen molar-refractivity contribution in [2.24, 2.45) is 5.41 Å². The molecule has 124 valence electrons. The van der Waals surface area contributed by atoms with Gasteiger partial charge in [0, 0.05) is 19.7 Å². The molecule has 0 radical (unpaired) electrons. The summed E-state index contributed by atoms with van der Waals surface area (Å²) in [6.07, 6.45) is 0.566. The molecule has 0 aliphatic rings. The highest BCUT2D eigenvalue weighted by Crippen LogP contribution is 2.24. The molecule has 1 aromatic rings. The summed E-state index contributed by atoms with van der Waals surface area (Å²) in [6.45, 7) is 9.92. The summed E-state index contributed by atoms with van der Waals surface area (Å²) in [5.41, 5.74) is 0.656. The maximum absolute atomic E-state index is 12.5. The molecule has 0 unspecified atom stereocenters. The molecule has 0 heterocycles. The lowest BCUT2D eigenvalue weighted by Crippen LogP contribution is -2.41. The normalized spacial score (nSPS) is 11.1. The smallest absolute Gasteiger partial charge is 0.321 e. The number of aliphatic hydroxyl groups excluding tert-OH is 1. The van der Waals surface area contributed by atoms with Crippen molar-refractivity contribution in [3.05, 3.63) is 24.3 Å². The van der Waals surface area contributed by atoms with Gasteiger partial charge < -0.3 is 20.1 Å². The Balaban J connectivity index is 2.81. The van der Waals surface area contributed by atoms with E-state index in [-0.39, 0.29) is 18.1 Å². The maximum atomic E-state index is 12.5. The second-order valence-corrected chi connectivity index (χ2v) is 6.42. The van der Waals surface area contributed by atoms with Gasteiger partial charge in [0.1, 0.15) is 5.75 Å². The van der Waals surface area contributed by atoms with E-state index in [0.717, 1.165) is 0 Å². The molecular formula is C17H28N2O3. The first-order chi connectivity index (χ1) is 10.4. The van der Waals surface area contributed by atoms with Gasteiger partial charge in [-0.1, -0.05) is 32.9 Å². The van der Waals surface area contributed by atoms with Crippen molar-refractivity contribution in [2.45, 2.75) is 34.1 Å². The highest BCUT2D eigenvalue weighted by molar-refractivity contribution is 5.91. The monoisotopic (exact) mass is 308 g/mol. The van der Waals surface area contributed by atoms with Crippen LogP contribution in [0, 0.1) is 5.41 Å². The number of aliphatic hydroxyl groups is 1. The van der Waals surface area contributed by atoms with Crippen LogP contribution in [0.5, 0.6) is 5.75 Å². The average molecular weight is 308 g/mol. The van der Waals surface area contributed by atoms with Crippen molar-refractivity contribution in [3.63, 3.8) is 0 Å². The van der Waals surface area contributed by atoms with Crippen molar-refractivity contribution in [1.82, 2.24) is 4.90 Å². The van der Waals surface area contributed by atoms with Gasteiger partial charge in [-0.25, -0.2) is 4.79 Å². The lowest BCUT2D eigenvalue weighted by Gasteiger charge is -2.30. The van der Waals surface area contributed by atoms with Crippen LogP contribution >= 0.6 is 0 Å². The number of hydrogen-bond donors (Lipinski definition) is 2. The average Bonchev–Trinajstić information content (AvgIpc) is 2.44. The van der Waals surface area contributed by atoms with Crippen LogP contribution in [0.15, 0.2) is 24.3 Å². The molecule has 5 nitrogen and oxygen atoms in total. The zero-order chi connectivity index (χ0) is 16.6. The number of ether oxygens (including phenoxy) is 1. The molecule has 0 atom stereocenters. The third kappa shape index (κ3) is 6.35. The number of carbonyl (C=O) groups is 1. The van der Waals surface area contributed by atoms with Gasteiger partial charge in [0.25, 0.3) is 0 Å². The van der Waals surface area contributed by atoms with Gasteiger partial charge in [0.15, 0.2) is 0 Å². The van der Waals surface area contributed by atoms with E-state index in [4.69, 9.17) is 9.84 Å². The molecule has 2 amide bonds. The molecule has 0 spiro atoms. The van der Waals surface area contributed by atoms with Crippen LogP contribution in [-0.2, 0) is 0 Å². The zero-order valence-electron chi connectivity index (χ0n) is 14.1. The summed E-state index contributed by atoms with van der Waals surface area (Å²) in [5, 5.41) is 11.9. The van der Waals surface area contributed by atoms with E-state index in [1.165, 1.54) is 0 Å². The van der Waals surface area contributed by atoms with Gasteiger partial charge in [-0.3, -0.25) is 0 Å². The van der Waals surface area contributed by atoms with E-state index in [9.17, 15) is 4.79 Å². The van der Waals surface area contributed by atoms with Crippen molar-refractivity contribution >= 4 is 11.7 Å². The Labute approximate surface area is 133 Å². The Morgan fingerprint density at radius 3 is 2.59 bits per heavy atom. The molecule has 0 saturated heterocycles. The lowest BCUT2D eigenvalue weighted by molar-refractivity contribution is 0.176. The number of rotatable bonds is 7. The fourth-order valence-electron chi connectivity index (χ4n) is 2.13. The Kier molecular flexibility index (Phi) is 7.18. The standard InChI is InChI=1S/C17H28N2O3/c1-5-22-15-10-7-6-9-14(15)18-16(21)19(11-8-12-20)13-17(2,3)4/h6-7,9-10,20H,5,8,11-13H2,1-4H3,(H,18,21). The number of anilines is 1. The first-order valence-corrected chi connectivity index (χ1v) is 7.76. The minimum atomic E-state index is -0.171. The number of hydrogen-bond acceptors (Lipinski definition) is 3. The van der Waals surface area contributed by atoms with Gasteiger partial charge in [0.2, 0.25) is 0 Å². The first kappa shape index (κ1) is 18.3. The maximum Gasteiger partial charge on any atom is 0.321 e. The highest BCUT2D eigenvalue weighted by Gasteiger charge is 2.21. The van der Waals surface area contributed by atoms with Crippen LogP contribution in [0.1, 0.15) is 34.1 Å². The van der Waals surface area contributed by atoms with E-state index in [0.29, 0.717) is 37.6 Å². The summed E-state index contributed by atoms with van der Waals surface area (Å²) >= 11 is 0. The van der Waals surface area contributed by atoms with Crippen LogP contribution < -0.4 is 10.1 Å². The van der Waals surface area contributed by atoms with Gasteiger partial charge in [-0.15, -0.1) is 0 Å². The molecule has 0 aromatic heterocycles. The van der Waals surface area contributed by atoms with E-state index >= 15 is 0 Å². The Hall–Kier alpha value is -1.75. The number of nitrogens with one attached hydrogen (secondary N) is 1. The molecular weight excluding hydrogens is 280 g/mol. The fourth-order valence-corrected chi connectivity index (χ4v) is 2.13. The van der Waals surface area contributed by atoms with Crippen LogP contribution in [0.3, 0.4) is 0 Å². The van der Waals surface area contributed by atoms with E-state index in [2.05, 4.69) is 26.1 Å². The minimum absolute atomic E-state index is 0.00771. The Morgan fingerprint density at radius 2 is 2.00 bits per heavy atom. The minimum Gasteiger partial charge on any atom is -0.492 e. The summed E-state index contributed by atoms with van der Waals surface area (Å²) in [7, 11) is 0. The van der Waals surface area contributed by atoms with Crippen molar-refractivity contribution in [2.75, 3.05) is 31.6 Å².